The second-order valence-electron chi connectivity index (χ2n) is 8.40. The highest BCUT2D eigenvalue weighted by Gasteiger charge is 2.23. The smallest absolute Gasteiger partial charge is 0.0973 e. The molecule has 0 aliphatic heterocycles. The summed E-state index contributed by atoms with van der Waals surface area (Å²) in [5.74, 6) is 2.09. The Bertz CT molecular complexity index is 286. The van der Waals surface area contributed by atoms with Gasteiger partial charge >= 0.3 is 0 Å². The van der Waals surface area contributed by atoms with E-state index in [1.165, 1.54) is 108 Å². The maximum Gasteiger partial charge on any atom is 0.0973 e. The topological polar surface area (TPSA) is 29.5 Å². The Hall–Kier alpha value is 0.270. The van der Waals surface area contributed by atoms with Crippen LogP contribution in [0.25, 0.3) is 0 Å². The molecule has 0 aromatic carbocycles. The van der Waals surface area contributed by atoms with Crippen LogP contribution in [0.5, 0.6) is 0 Å². The van der Waals surface area contributed by atoms with Crippen LogP contribution in [0.4, 0.5) is 0 Å². The van der Waals surface area contributed by atoms with Crippen molar-refractivity contribution in [2.75, 3.05) is 24.7 Å². The Morgan fingerprint density at radius 1 is 0.667 bits per heavy atom. The highest BCUT2D eigenvalue weighted by Crippen LogP contribution is 2.19. The lowest BCUT2D eigenvalue weighted by Crippen LogP contribution is -2.36. The van der Waals surface area contributed by atoms with Crippen LogP contribution in [0.1, 0.15) is 124 Å². The molecule has 1 N–H and O–H groups in total. The molecular weight excluding hydrogens is 352 g/mol. The molecule has 0 heterocycles. The van der Waals surface area contributed by atoms with Gasteiger partial charge in [0.25, 0.3) is 0 Å². The van der Waals surface area contributed by atoms with Crippen LogP contribution in [0, 0.1) is 0 Å². The second-order valence-corrected chi connectivity index (χ2v) is 9.50. The minimum atomic E-state index is -0.353. The fourth-order valence-electron chi connectivity index (χ4n) is 3.52. The molecule has 1 atom stereocenters. The molecule has 2 nitrogen and oxygen atoms in total. The molecule has 0 aliphatic rings. The van der Waals surface area contributed by atoms with Crippen LogP contribution in [0.15, 0.2) is 0 Å². The van der Waals surface area contributed by atoms with Crippen molar-refractivity contribution < 1.29 is 9.84 Å². The van der Waals surface area contributed by atoms with E-state index in [1.54, 1.807) is 0 Å². The molecule has 0 fully saturated rings. The van der Waals surface area contributed by atoms with Gasteiger partial charge in [-0.1, -0.05) is 103 Å². The highest BCUT2D eigenvalue weighted by atomic mass is 32.2. The molecule has 0 aromatic rings. The molecule has 27 heavy (non-hydrogen) atoms. The number of aliphatic hydroxyl groups excluding tert-OH is 1. The summed E-state index contributed by atoms with van der Waals surface area (Å²) in [6, 6.07) is 0. The number of ether oxygens (including phenoxy) is 1. The van der Waals surface area contributed by atoms with Gasteiger partial charge in [-0.15, -0.1) is 0 Å². The van der Waals surface area contributed by atoms with E-state index in [9.17, 15) is 5.11 Å². The second kappa shape index (κ2) is 21.0. The van der Waals surface area contributed by atoms with Crippen molar-refractivity contribution in [3.63, 3.8) is 0 Å². The van der Waals surface area contributed by atoms with Crippen molar-refractivity contribution in [2.45, 2.75) is 129 Å². The van der Waals surface area contributed by atoms with Crippen LogP contribution in [0.2, 0.25) is 0 Å². The van der Waals surface area contributed by atoms with E-state index >= 15 is 0 Å². The summed E-state index contributed by atoms with van der Waals surface area (Å²) in [6.45, 7) is 7.09. The quantitative estimate of drug-likeness (QED) is 0.188. The van der Waals surface area contributed by atoms with E-state index < -0.39 is 0 Å². The van der Waals surface area contributed by atoms with Crippen LogP contribution in [-0.4, -0.2) is 35.4 Å². The summed E-state index contributed by atoms with van der Waals surface area (Å²) in [5.41, 5.74) is -0.353. The summed E-state index contributed by atoms with van der Waals surface area (Å²) in [7, 11) is 0. The lowest BCUT2D eigenvalue weighted by molar-refractivity contribution is -0.0440. The number of hydrogen-bond donors (Lipinski definition) is 1. The van der Waals surface area contributed by atoms with Crippen molar-refractivity contribution in [1.82, 2.24) is 0 Å². The number of unbranched alkanes of at least 4 members (excludes halogenated alkanes) is 15. The van der Waals surface area contributed by atoms with E-state index in [0.717, 1.165) is 5.75 Å². The normalized spacial score (nSPS) is 13.8. The summed E-state index contributed by atoms with van der Waals surface area (Å²) in [5, 5.41) is 9.42. The van der Waals surface area contributed by atoms with Gasteiger partial charge in [-0.25, -0.2) is 0 Å². The third kappa shape index (κ3) is 19.4. The van der Waals surface area contributed by atoms with Gasteiger partial charge in [0.1, 0.15) is 0 Å². The van der Waals surface area contributed by atoms with Gasteiger partial charge < -0.3 is 9.84 Å². The first-order valence-corrected chi connectivity index (χ1v) is 13.2. The molecule has 0 saturated carbocycles. The fraction of sp³-hybridized carbons (Fsp3) is 1.00. The van der Waals surface area contributed by atoms with E-state index in [-0.39, 0.29) is 12.2 Å². The van der Waals surface area contributed by atoms with E-state index in [2.05, 4.69) is 6.92 Å². The van der Waals surface area contributed by atoms with Crippen LogP contribution in [-0.2, 0) is 4.74 Å². The molecule has 3 heteroatoms. The predicted octanol–water partition coefficient (Wildman–Crippen LogP) is 7.77. The monoisotopic (exact) mass is 402 g/mol. The SMILES string of the molecule is CCCCCCCCCCCCCCCCCCSCC(C)(CO)OCC. The first-order valence-electron chi connectivity index (χ1n) is 12.0. The van der Waals surface area contributed by atoms with Gasteiger partial charge in [0, 0.05) is 12.4 Å². The number of rotatable bonds is 22. The average Bonchev–Trinajstić information content (AvgIpc) is 2.67. The summed E-state index contributed by atoms with van der Waals surface area (Å²) in [6.07, 6.45) is 22.8. The summed E-state index contributed by atoms with van der Waals surface area (Å²) >= 11 is 1.93. The van der Waals surface area contributed by atoms with Gasteiger partial charge in [-0.3, -0.25) is 0 Å². The van der Waals surface area contributed by atoms with E-state index in [4.69, 9.17) is 4.74 Å². The minimum Gasteiger partial charge on any atom is -0.393 e. The maximum absolute atomic E-state index is 9.42. The lowest BCUT2D eigenvalue weighted by atomic mass is 10.0. The Morgan fingerprint density at radius 3 is 1.44 bits per heavy atom. The van der Waals surface area contributed by atoms with Crippen LogP contribution < -0.4 is 0 Å². The van der Waals surface area contributed by atoms with Gasteiger partial charge in [-0.05, 0) is 26.0 Å². The Kier molecular flexibility index (Phi) is 21.2. The van der Waals surface area contributed by atoms with Gasteiger partial charge in [0.2, 0.25) is 0 Å². The van der Waals surface area contributed by atoms with Gasteiger partial charge in [-0.2, -0.15) is 11.8 Å². The number of aliphatic hydroxyl groups is 1. The highest BCUT2D eigenvalue weighted by molar-refractivity contribution is 7.99. The molecule has 0 bridgehead atoms. The van der Waals surface area contributed by atoms with E-state index in [0.29, 0.717) is 6.61 Å². The Morgan fingerprint density at radius 2 is 1.07 bits per heavy atom. The Balaban J connectivity index is 3.17. The number of thioether (sulfide) groups is 1. The first kappa shape index (κ1) is 27.3. The zero-order chi connectivity index (χ0) is 20.1. The third-order valence-corrected chi connectivity index (χ3v) is 6.77. The Labute approximate surface area is 175 Å². The van der Waals surface area contributed by atoms with Crippen molar-refractivity contribution in [2.24, 2.45) is 0 Å². The molecule has 0 amide bonds. The summed E-state index contributed by atoms with van der Waals surface area (Å²) < 4.78 is 5.64. The number of hydrogen-bond acceptors (Lipinski definition) is 3. The summed E-state index contributed by atoms with van der Waals surface area (Å²) in [4.78, 5) is 0. The van der Waals surface area contributed by atoms with Crippen molar-refractivity contribution >= 4 is 11.8 Å². The lowest BCUT2D eigenvalue weighted by Gasteiger charge is -2.26. The molecule has 164 valence electrons. The fourth-order valence-corrected chi connectivity index (χ4v) is 4.68. The molecule has 0 rings (SSSR count). The van der Waals surface area contributed by atoms with Crippen LogP contribution in [0.3, 0.4) is 0 Å². The first-order chi connectivity index (χ1) is 13.2. The third-order valence-electron chi connectivity index (χ3n) is 5.38. The largest absolute Gasteiger partial charge is 0.393 e. The molecule has 0 spiro atoms. The predicted molar refractivity (Wildman–Crippen MR) is 124 cm³/mol. The minimum absolute atomic E-state index is 0.118. The molecule has 0 aromatic heterocycles. The van der Waals surface area contributed by atoms with Crippen molar-refractivity contribution in [1.29, 1.82) is 0 Å². The molecule has 0 radical (unpaired) electrons. The van der Waals surface area contributed by atoms with E-state index in [1.807, 2.05) is 25.6 Å². The standard InChI is InChI=1S/C24H50O2S/c1-4-6-7-8-9-10-11-12-13-14-15-16-17-18-19-20-21-27-23-24(3,22-25)26-5-2/h25H,4-23H2,1-3H3. The van der Waals surface area contributed by atoms with Crippen molar-refractivity contribution in [3.8, 4) is 0 Å². The maximum atomic E-state index is 9.42. The average molecular weight is 403 g/mol. The van der Waals surface area contributed by atoms with Crippen LogP contribution >= 0.6 is 11.8 Å². The molecular formula is C24H50O2S. The zero-order valence-corrected chi connectivity index (χ0v) is 19.7. The molecule has 1 unspecified atom stereocenters. The molecule has 0 aliphatic carbocycles. The molecule has 0 saturated heterocycles. The zero-order valence-electron chi connectivity index (χ0n) is 18.9. The van der Waals surface area contributed by atoms with Crippen molar-refractivity contribution in [3.05, 3.63) is 0 Å². The van der Waals surface area contributed by atoms with Gasteiger partial charge in [0.05, 0.1) is 12.2 Å². The van der Waals surface area contributed by atoms with Gasteiger partial charge in [0.15, 0.2) is 0 Å².